The molecule has 0 aromatic rings. The van der Waals surface area contributed by atoms with Gasteiger partial charge in [-0.05, 0) is 13.8 Å². The molecule has 88 valence electrons. The van der Waals surface area contributed by atoms with Crippen LogP contribution in [-0.2, 0) is 14.2 Å². The fourth-order valence-corrected chi connectivity index (χ4v) is 1.91. The van der Waals surface area contributed by atoms with Crippen LogP contribution in [-0.4, -0.2) is 58.4 Å². The van der Waals surface area contributed by atoms with E-state index in [1.165, 1.54) is 0 Å². The van der Waals surface area contributed by atoms with Crippen molar-refractivity contribution in [2.45, 2.75) is 50.3 Å². The summed E-state index contributed by atoms with van der Waals surface area (Å²) < 4.78 is 16.0. The third-order valence-corrected chi connectivity index (χ3v) is 2.64. The van der Waals surface area contributed by atoms with E-state index in [-0.39, 0.29) is 6.61 Å². The number of fused-ring (bicyclic) bond motifs is 1. The van der Waals surface area contributed by atoms with Crippen LogP contribution in [0, 0.1) is 0 Å². The highest BCUT2D eigenvalue weighted by Gasteiger charge is 2.53. The Morgan fingerprint density at radius 2 is 1.80 bits per heavy atom. The predicted molar refractivity (Wildman–Crippen MR) is 47.8 cm³/mol. The van der Waals surface area contributed by atoms with E-state index >= 15 is 0 Å². The zero-order chi connectivity index (χ0) is 11.2. The van der Waals surface area contributed by atoms with Gasteiger partial charge in [-0.25, -0.2) is 0 Å². The maximum atomic E-state index is 9.74. The van der Waals surface area contributed by atoms with Crippen molar-refractivity contribution in [3.63, 3.8) is 0 Å². The second kappa shape index (κ2) is 3.65. The van der Waals surface area contributed by atoms with Crippen LogP contribution in [0.1, 0.15) is 13.8 Å². The molecule has 0 aromatic carbocycles. The van der Waals surface area contributed by atoms with Crippen molar-refractivity contribution < 1.29 is 29.5 Å². The van der Waals surface area contributed by atoms with E-state index in [0.29, 0.717) is 0 Å². The average Bonchev–Trinajstić information content (AvgIpc) is 2.47. The van der Waals surface area contributed by atoms with Crippen molar-refractivity contribution in [1.82, 2.24) is 0 Å². The third-order valence-electron chi connectivity index (χ3n) is 2.64. The Morgan fingerprint density at radius 1 is 1.13 bits per heavy atom. The number of aliphatic hydroxyl groups is 3. The molecule has 6 heteroatoms. The molecular formula is C9H16O6. The van der Waals surface area contributed by atoms with E-state index < -0.39 is 36.5 Å². The van der Waals surface area contributed by atoms with Crippen molar-refractivity contribution in [2.24, 2.45) is 0 Å². The Bertz CT molecular complexity index is 243. The van der Waals surface area contributed by atoms with Gasteiger partial charge in [-0.15, -0.1) is 0 Å². The fraction of sp³-hybridized carbons (Fsp3) is 1.00. The molecule has 2 heterocycles. The number of hydrogen-bond acceptors (Lipinski definition) is 6. The van der Waals surface area contributed by atoms with Crippen LogP contribution in [0.15, 0.2) is 0 Å². The molecule has 0 aromatic heterocycles. The summed E-state index contributed by atoms with van der Waals surface area (Å²) in [5.41, 5.74) is 0. The van der Waals surface area contributed by atoms with Gasteiger partial charge in [0.05, 0.1) is 6.61 Å². The lowest BCUT2D eigenvalue weighted by Crippen LogP contribution is -2.57. The number of rotatable bonds is 1. The molecule has 0 bridgehead atoms. The normalized spacial score (nSPS) is 49.0. The van der Waals surface area contributed by atoms with Crippen LogP contribution < -0.4 is 0 Å². The summed E-state index contributed by atoms with van der Waals surface area (Å²) in [6.45, 7) is 3.02. The molecule has 5 atom stereocenters. The van der Waals surface area contributed by atoms with Crippen LogP contribution >= 0.6 is 0 Å². The fourth-order valence-electron chi connectivity index (χ4n) is 1.91. The van der Waals surface area contributed by atoms with Gasteiger partial charge >= 0.3 is 0 Å². The maximum absolute atomic E-state index is 9.74. The molecule has 6 nitrogen and oxygen atoms in total. The summed E-state index contributed by atoms with van der Waals surface area (Å²) >= 11 is 0. The van der Waals surface area contributed by atoms with Crippen LogP contribution in [0.5, 0.6) is 0 Å². The highest BCUT2D eigenvalue weighted by Crippen LogP contribution is 2.35. The maximum Gasteiger partial charge on any atom is 0.190 e. The Hall–Kier alpha value is -0.240. The Kier molecular flexibility index (Phi) is 2.74. The first-order chi connectivity index (χ1) is 6.94. The molecule has 15 heavy (non-hydrogen) atoms. The molecule has 2 saturated heterocycles. The standard InChI is InChI=1S/C9H16O6/c1-9(2)14-7-6(12)5(11)4(3-10)13-8(7)15-9/h4-8,10-12H,3H2,1-2H3/t4-,5+,6+,7-,8?/m1/s1. The summed E-state index contributed by atoms with van der Waals surface area (Å²) in [6, 6.07) is 0. The highest BCUT2D eigenvalue weighted by molar-refractivity contribution is 4.93. The monoisotopic (exact) mass is 220 g/mol. The van der Waals surface area contributed by atoms with Gasteiger partial charge in [0.2, 0.25) is 0 Å². The van der Waals surface area contributed by atoms with Crippen LogP contribution in [0.25, 0.3) is 0 Å². The van der Waals surface area contributed by atoms with Gasteiger partial charge in [0, 0.05) is 0 Å². The molecule has 0 saturated carbocycles. The predicted octanol–water partition coefficient (Wildman–Crippen LogP) is -1.42. The van der Waals surface area contributed by atoms with Crippen molar-refractivity contribution in [3.05, 3.63) is 0 Å². The lowest BCUT2D eigenvalue weighted by atomic mass is 9.99. The zero-order valence-corrected chi connectivity index (χ0v) is 8.66. The molecule has 0 amide bonds. The van der Waals surface area contributed by atoms with E-state index in [1.807, 2.05) is 0 Å². The van der Waals surface area contributed by atoms with Gasteiger partial charge in [-0.2, -0.15) is 0 Å². The number of ether oxygens (including phenoxy) is 3. The first-order valence-electron chi connectivity index (χ1n) is 4.93. The average molecular weight is 220 g/mol. The number of hydrogen-bond donors (Lipinski definition) is 3. The van der Waals surface area contributed by atoms with Gasteiger partial charge in [0.15, 0.2) is 12.1 Å². The quantitative estimate of drug-likeness (QED) is 0.502. The van der Waals surface area contributed by atoms with Crippen LogP contribution in [0.3, 0.4) is 0 Å². The smallest absolute Gasteiger partial charge is 0.190 e. The van der Waals surface area contributed by atoms with Gasteiger partial charge in [-0.1, -0.05) is 0 Å². The Balaban J connectivity index is 2.13. The van der Waals surface area contributed by atoms with Crippen molar-refractivity contribution >= 4 is 0 Å². The van der Waals surface area contributed by atoms with E-state index in [2.05, 4.69) is 0 Å². The highest BCUT2D eigenvalue weighted by atomic mass is 16.8. The van der Waals surface area contributed by atoms with Crippen molar-refractivity contribution in [2.75, 3.05) is 6.61 Å². The first-order valence-corrected chi connectivity index (χ1v) is 4.93. The molecule has 0 radical (unpaired) electrons. The van der Waals surface area contributed by atoms with E-state index in [4.69, 9.17) is 19.3 Å². The minimum atomic E-state index is -1.16. The summed E-state index contributed by atoms with van der Waals surface area (Å²) in [7, 11) is 0. The zero-order valence-electron chi connectivity index (χ0n) is 8.66. The van der Waals surface area contributed by atoms with Crippen LogP contribution in [0.2, 0.25) is 0 Å². The van der Waals surface area contributed by atoms with Gasteiger partial charge < -0.3 is 29.5 Å². The first kappa shape index (κ1) is 11.3. The van der Waals surface area contributed by atoms with E-state index in [0.717, 1.165) is 0 Å². The minimum absolute atomic E-state index is 0.370. The third kappa shape index (κ3) is 1.89. The Morgan fingerprint density at radius 3 is 2.40 bits per heavy atom. The molecule has 0 spiro atoms. The topological polar surface area (TPSA) is 88.4 Å². The summed E-state index contributed by atoms with van der Waals surface area (Å²) in [6.07, 6.45) is -4.55. The summed E-state index contributed by atoms with van der Waals surface area (Å²) in [5, 5.41) is 28.3. The SMILES string of the molecule is CC1(C)OC2O[C@H](CO)[C@H](O)[C@H](O)[C@H]2O1. The lowest BCUT2D eigenvalue weighted by molar-refractivity contribution is -0.256. The number of aliphatic hydroxyl groups excluding tert-OH is 3. The van der Waals surface area contributed by atoms with E-state index in [1.54, 1.807) is 13.8 Å². The van der Waals surface area contributed by atoms with Gasteiger partial charge in [-0.3, -0.25) is 0 Å². The molecule has 3 N–H and O–H groups in total. The molecule has 1 unspecified atom stereocenters. The molecule has 0 aliphatic carbocycles. The second-order valence-electron chi connectivity index (χ2n) is 4.31. The van der Waals surface area contributed by atoms with Crippen LogP contribution in [0.4, 0.5) is 0 Å². The largest absolute Gasteiger partial charge is 0.394 e. The second-order valence-corrected chi connectivity index (χ2v) is 4.31. The van der Waals surface area contributed by atoms with Gasteiger partial charge in [0.1, 0.15) is 24.4 Å². The molecule has 2 rings (SSSR count). The summed E-state index contributed by atoms with van der Waals surface area (Å²) in [4.78, 5) is 0. The molecular weight excluding hydrogens is 204 g/mol. The molecule has 2 aliphatic heterocycles. The molecule has 2 aliphatic rings. The van der Waals surface area contributed by atoms with Crippen molar-refractivity contribution in [1.29, 1.82) is 0 Å². The summed E-state index contributed by atoms with van der Waals surface area (Å²) in [5.74, 6) is -0.847. The Labute approximate surface area is 87.4 Å². The lowest BCUT2D eigenvalue weighted by Gasteiger charge is -2.36. The van der Waals surface area contributed by atoms with Gasteiger partial charge in [0.25, 0.3) is 0 Å². The van der Waals surface area contributed by atoms with Crippen molar-refractivity contribution in [3.8, 4) is 0 Å². The minimum Gasteiger partial charge on any atom is -0.394 e. The molecule has 2 fully saturated rings. The van der Waals surface area contributed by atoms with E-state index in [9.17, 15) is 10.2 Å².